The number of ketones is 1. The van der Waals surface area contributed by atoms with Gasteiger partial charge in [-0.05, 0) is 43.3 Å². The number of hydrogen-bond donors (Lipinski definition) is 2. The summed E-state index contributed by atoms with van der Waals surface area (Å²) in [5.41, 5.74) is 7.39. The molecule has 0 aromatic heterocycles. The molecule has 0 saturated carbocycles. The minimum atomic E-state index is -0.491. The average molecular weight is 276 g/mol. The minimum absolute atomic E-state index is 0.120. The molecular formula is C15H14F2N2O. The highest BCUT2D eigenvalue weighted by atomic mass is 19.1. The summed E-state index contributed by atoms with van der Waals surface area (Å²) in [7, 11) is 0. The highest BCUT2D eigenvalue weighted by Crippen LogP contribution is 2.20. The van der Waals surface area contributed by atoms with Crippen LogP contribution in [0.1, 0.15) is 22.8 Å². The molecule has 0 bridgehead atoms. The van der Waals surface area contributed by atoms with E-state index in [1.165, 1.54) is 6.92 Å². The molecule has 3 N–H and O–H groups in total. The zero-order valence-electron chi connectivity index (χ0n) is 10.9. The van der Waals surface area contributed by atoms with Gasteiger partial charge in [0.05, 0.1) is 0 Å². The molecule has 0 aliphatic rings. The van der Waals surface area contributed by atoms with Gasteiger partial charge in [0, 0.05) is 29.0 Å². The molecule has 2 aromatic rings. The summed E-state index contributed by atoms with van der Waals surface area (Å²) < 4.78 is 26.5. The van der Waals surface area contributed by atoms with Gasteiger partial charge >= 0.3 is 0 Å². The number of nitrogens with two attached hydrogens (primary N) is 1. The van der Waals surface area contributed by atoms with Gasteiger partial charge in [-0.2, -0.15) is 0 Å². The molecule has 20 heavy (non-hydrogen) atoms. The topological polar surface area (TPSA) is 55.1 Å². The molecule has 0 saturated heterocycles. The van der Waals surface area contributed by atoms with Crippen LogP contribution in [0, 0.1) is 11.6 Å². The van der Waals surface area contributed by atoms with Crippen molar-refractivity contribution in [2.24, 2.45) is 0 Å². The number of halogens is 2. The van der Waals surface area contributed by atoms with Crippen molar-refractivity contribution >= 4 is 17.2 Å². The predicted octanol–water partition coefficient (Wildman–Crippen LogP) is 3.36. The zero-order valence-corrected chi connectivity index (χ0v) is 10.9. The Bertz CT molecular complexity index is 656. The molecule has 0 aliphatic heterocycles. The Morgan fingerprint density at radius 3 is 2.60 bits per heavy atom. The van der Waals surface area contributed by atoms with Crippen LogP contribution in [-0.4, -0.2) is 5.78 Å². The lowest BCUT2D eigenvalue weighted by Gasteiger charge is -2.10. The molecule has 2 aromatic carbocycles. The van der Waals surface area contributed by atoms with Gasteiger partial charge in [-0.25, -0.2) is 8.78 Å². The molecule has 104 valence electrons. The summed E-state index contributed by atoms with van der Waals surface area (Å²) in [5, 5.41) is 2.94. The van der Waals surface area contributed by atoms with Crippen molar-refractivity contribution in [2.75, 3.05) is 11.1 Å². The first-order valence-corrected chi connectivity index (χ1v) is 6.05. The Morgan fingerprint density at radius 1 is 1.20 bits per heavy atom. The van der Waals surface area contributed by atoms with Gasteiger partial charge in [0.15, 0.2) is 5.78 Å². The predicted molar refractivity (Wildman–Crippen MR) is 74.5 cm³/mol. The van der Waals surface area contributed by atoms with Crippen LogP contribution < -0.4 is 11.1 Å². The Morgan fingerprint density at radius 2 is 1.95 bits per heavy atom. The summed E-state index contributed by atoms with van der Waals surface area (Å²) in [4.78, 5) is 11.2. The fraction of sp³-hybridized carbons (Fsp3) is 0.133. The molecule has 2 rings (SSSR count). The maximum Gasteiger partial charge on any atom is 0.161 e. The van der Waals surface area contributed by atoms with Crippen LogP contribution in [0.5, 0.6) is 0 Å². The molecule has 0 atom stereocenters. The summed E-state index contributed by atoms with van der Waals surface area (Å²) in [5.74, 6) is -1.09. The normalized spacial score (nSPS) is 10.3. The van der Waals surface area contributed by atoms with Crippen LogP contribution >= 0.6 is 0 Å². The number of Topliss-reactive ketones (excluding diaryl/α,β-unsaturated/α-hetero) is 1. The number of benzene rings is 2. The van der Waals surface area contributed by atoms with Crippen LogP contribution in [0.4, 0.5) is 20.2 Å². The second-order valence-electron chi connectivity index (χ2n) is 4.45. The third-order valence-electron chi connectivity index (χ3n) is 2.92. The van der Waals surface area contributed by atoms with E-state index in [1.807, 2.05) is 0 Å². The van der Waals surface area contributed by atoms with E-state index in [0.29, 0.717) is 16.9 Å². The molecule has 0 aliphatic carbocycles. The van der Waals surface area contributed by atoms with E-state index in [0.717, 1.165) is 18.2 Å². The maximum atomic E-state index is 13.4. The number of rotatable bonds is 4. The minimum Gasteiger partial charge on any atom is -0.398 e. The largest absolute Gasteiger partial charge is 0.398 e. The van der Waals surface area contributed by atoms with E-state index in [4.69, 9.17) is 5.73 Å². The van der Waals surface area contributed by atoms with E-state index in [2.05, 4.69) is 5.32 Å². The molecular weight excluding hydrogens is 262 g/mol. The fourth-order valence-corrected chi connectivity index (χ4v) is 1.87. The molecule has 3 nitrogen and oxygen atoms in total. The van der Waals surface area contributed by atoms with Crippen molar-refractivity contribution in [3.05, 3.63) is 59.2 Å². The van der Waals surface area contributed by atoms with E-state index in [1.54, 1.807) is 18.2 Å². The van der Waals surface area contributed by atoms with Crippen molar-refractivity contribution in [3.63, 3.8) is 0 Å². The molecule has 0 radical (unpaired) electrons. The Balaban J connectivity index is 2.13. The summed E-state index contributed by atoms with van der Waals surface area (Å²) >= 11 is 0. The highest BCUT2D eigenvalue weighted by molar-refractivity contribution is 5.99. The van der Waals surface area contributed by atoms with Gasteiger partial charge in [-0.1, -0.05) is 0 Å². The number of hydrogen-bond acceptors (Lipinski definition) is 3. The second kappa shape index (κ2) is 5.69. The van der Waals surface area contributed by atoms with E-state index < -0.39 is 11.6 Å². The summed E-state index contributed by atoms with van der Waals surface area (Å²) in [6.45, 7) is 1.56. The lowest BCUT2D eigenvalue weighted by Crippen LogP contribution is -2.05. The number of carbonyl (C=O) groups is 1. The Labute approximate surface area is 115 Å². The van der Waals surface area contributed by atoms with E-state index in [9.17, 15) is 13.6 Å². The standard InChI is InChI=1S/C15H14F2N2O/c1-9(20)13-4-3-12(7-15(13)18)19-8-10-6-11(16)2-5-14(10)17/h2-7,19H,8,18H2,1H3. The molecule has 0 spiro atoms. The fourth-order valence-electron chi connectivity index (χ4n) is 1.87. The van der Waals surface area contributed by atoms with Gasteiger partial charge in [0.2, 0.25) is 0 Å². The second-order valence-corrected chi connectivity index (χ2v) is 4.45. The average Bonchev–Trinajstić information content (AvgIpc) is 2.39. The Kier molecular flexibility index (Phi) is 3.98. The first kappa shape index (κ1) is 14.0. The summed E-state index contributed by atoms with van der Waals surface area (Å²) in [6, 6.07) is 8.15. The lowest BCUT2D eigenvalue weighted by molar-refractivity contribution is 0.101. The third-order valence-corrected chi connectivity index (χ3v) is 2.92. The molecule has 0 fully saturated rings. The van der Waals surface area contributed by atoms with Crippen molar-refractivity contribution in [1.29, 1.82) is 0 Å². The van der Waals surface area contributed by atoms with Gasteiger partial charge in [0.1, 0.15) is 11.6 Å². The number of nitrogens with one attached hydrogen (secondary N) is 1. The van der Waals surface area contributed by atoms with Gasteiger partial charge in [0.25, 0.3) is 0 Å². The number of nitrogen functional groups attached to an aromatic ring is 1. The lowest BCUT2D eigenvalue weighted by atomic mass is 10.1. The van der Waals surface area contributed by atoms with E-state index >= 15 is 0 Å². The van der Waals surface area contributed by atoms with Crippen LogP contribution in [0.2, 0.25) is 0 Å². The van der Waals surface area contributed by atoms with Crippen molar-refractivity contribution in [2.45, 2.75) is 13.5 Å². The van der Waals surface area contributed by atoms with Crippen LogP contribution in [0.15, 0.2) is 36.4 Å². The summed E-state index contributed by atoms with van der Waals surface area (Å²) in [6.07, 6.45) is 0. The van der Waals surface area contributed by atoms with E-state index in [-0.39, 0.29) is 17.9 Å². The van der Waals surface area contributed by atoms with Crippen molar-refractivity contribution in [1.82, 2.24) is 0 Å². The molecule has 5 heteroatoms. The smallest absolute Gasteiger partial charge is 0.161 e. The molecule has 0 amide bonds. The first-order chi connectivity index (χ1) is 9.47. The molecule has 0 heterocycles. The van der Waals surface area contributed by atoms with Gasteiger partial charge in [-0.3, -0.25) is 4.79 Å². The van der Waals surface area contributed by atoms with Crippen LogP contribution in [0.25, 0.3) is 0 Å². The van der Waals surface area contributed by atoms with Gasteiger partial charge in [-0.15, -0.1) is 0 Å². The SMILES string of the molecule is CC(=O)c1ccc(NCc2cc(F)ccc2F)cc1N. The monoisotopic (exact) mass is 276 g/mol. The number of anilines is 2. The Hall–Kier alpha value is -2.43. The quantitative estimate of drug-likeness (QED) is 0.665. The van der Waals surface area contributed by atoms with Crippen molar-refractivity contribution < 1.29 is 13.6 Å². The van der Waals surface area contributed by atoms with Crippen LogP contribution in [-0.2, 0) is 6.54 Å². The third kappa shape index (κ3) is 3.12. The zero-order chi connectivity index (χ0) is 14.7. The van der Waals surface area contributed by atoms with Crippen molar-refractivity contribution in [3.8, 4) is 0 Å². The number of carbonyl (C=O) groups excluding carboxylic acids is 1. The maximum absolute atomic E-state index is 13.4. The van der Waals surface area contributed by atoms with Crippen LogP contribution in [0.3, 0.4) is 0 Å². The first-order valence-electron chi connectivity index (χ1n) is 6.05. The molecule has 0 unspecified atom stereocenters. The highest BCUT2D eigenvalue weighted by Gasteiger charge is 2.07. The van der Waals surface area contributed by atoms with Gasteiger partial charge < -0.3 is 11.1 Å².